The number of carbonyl (C=O) groups is 1. The number of hydrogen-bond acceptors (Lipinski definition) is 6. The van der Waals surface area contributed by atoms with Crippen molar-refractivity contribution < 1.29 is 9.72 Å². The summed E-state index contributed by atoms with van der Waals surface area (Å²) < 4.78 is 0. The molecule has 0 atom stereocenters. The van der Waals surface area contributed by atoms with E-state index >= 15 is 0 Å². The summed E-state index contributed by atoms with van der Waals surface area (Å²) in [5, 5.41) is 10.6. The molecular weight excluding hydrogens is 372 g/mol. The molecule has 0 aromatic carbocycles. The maximum atomic E-state index is 12.4. The van der Waals surface area contributed by atoms with Crippen LogP contribution in [0.15, 0.2) is 12.4 Å². The molecule has 1 aromatic heterocycles. The van der Waals surface area contributed by atoms with E-state index in [-0.39, 0.29) is 17.7 Å². The number of aromatic nitrogens is 2. The first-order valence-electron chi connectivity index (χ1n) is 10.9. The first-order valence-corrected chi connectivity index (χ1v) is 10.9. The van der Waals surface area contributed by atoms with Crippen LogP contribution in [-0.4, -0.2) is 38.9 Å². The van der Waals surface area contributed by atoms with Gasteiger partial charge >= 0.3 is 11.7 Å². The molecule has 29 heavy (non-hydrogen) atoms. The molecule has 2 amide bonds. The standard InChI is InChI=1S/C20H36N6O3/c1-3-5-6-7-8-9-10-11-12-13-15-25(14-4-2)20(27)24-23-19-21-16-18(17-22-19)26(28)29/h16-17H,3-15H2,1-2H3,(H,24,27)(H,21,22,23). The fourth-order valence-electron chi connectivity index (χ4n) is 3.04. The lowest BCUT2D eigenvalue weighted by atomic mass is 10.1. The Kier molecular flexibility index (Phi) is 13.1. The molecule has 0 fully saturated rings. The van der Waals surface area contributed by atoms with Gasteiger partial charge in [0.25, 0.3) is 0 Å². The molecular formula is C20H36N6O3. The number of nitrogens with one attached hydrogen (secondary N) is 2. The van der Waals surface area contributed by atoms with Crippen molar-refractivity contribution in [3.8, 4) is 0 Å². The molecule has 164 valence electrons. The zero-order valence-corrected chi connectivity index (χ0v) is 17.9. The lowest BCUT2D eigenvalue weighted by Gasteiger charge is -2.22. The predicted molar refractivity (Wildman–Crippen MR) is 115 cm³/mol. The normalized spacial score (nSPS) is 10.6. The third kappa shape index (κ3) is 11.2. The summed E-state index contributed by atoms with van der Waals surface area (Å²) >= 11 is 0. The van der Waals surface area contributed by atoms with Crippen LogP contribution in [0.4, 0.5) is 16.4 Å². The molecule has 0 aliphatic carbocycles. The zero-order valence-electron chi connectivity index (χ0n) is 17.9. The maximum Gasteiger partial charge on any atom is 0.336 e. The van der Waals surface area contributed by atoms with E-state index in [1.165, 1.54) is 51.4 Å². The van der Waals surface area contributed by atoms with Crippen molar-refractivity contribution >= 4 is 17.7 Å². The van der Waals surface area contributed by atoms with Gasteiger partial charge in [-0.2, -0.15) is 0 Å². The number of carbonyl (C=O) groups excluding carboxylic acids is 1. The van der Waals surface area contributed by atoms with Crippen molar-refractivity contribution in [2.24, 2.45) is 0 Å². The van der Waals surface area contributed by atoms with Crippen LogP contribution in [0.5, 0.6) is 0 Å². The third-order valence-electron chi connectivity index (χ3n) is 4.69. The van der Waals surface area contributed by atoms with Gasteiger partial charge in [-0.15, -0.1) is 0 Å². The van der Waals surface area contributed by atoms with Crippen molar-refractivity contribution in [2.45, 2.75) is 84.5 Å². The molecule has 1 rings (SSSR count). The predicted octanol–water partition coefficient (Wildman–Crippen LogP) is 5.05. The van der Waals surface area contributed by atoms with E-state index in [4.69, 9.17) is 0 Å². The van der Waals surface area contributed by atoms with Crippen LogP contribution in [0.25, 0.3) is 0 Å². The van der Waals surface area contributed by atoms with Gasteiger partial charge in [-0.05, 0) is 12.8 Å². The summed E-state index contributed by atoms with van der Waals surface area (Å²) in [6, 6.07) is -0.246. The minimum atomic E-state index is -0.572. The summed E-state index contributed by atoms with van der Waals surface area (Å²) in [6.45, 7) is 5.65. The molecule has 0 bridgehead atoms. The first kappa shape index (κ1) is 24.6. The van der Waals surface area contributed by atoms with E-state index in [1.54, 1.807) is 4.90 Å². The van der Waals surface area contributed by atoms with Crippen LogP contribution in [0, 0.1) is 10.1 Å². The number of amides is 2. The van der Waals surface area contributed by atoms with Crippen molar-refractivity contribution in [1.29, 1.82) is 0 Å². The first-order chi connectivity index (χ1) is 14.1. The van der Waals surface area contributed by atoms with Gasteiger partial charge in [-0.3, -0.25) is 15.5 Å². The van der Waals surface area contributed by atoms with E-state index in [1.807, 2.05) is 6.92 Å². The highest BCUT2D eigenvalue weighted by Crippen LogP contribution is 2.11. The van der Waals surface area contributed by atoms with Crippen LogP contribution in [0.1, 0.15) is 84.5 Å². The summed E-state index contributed by atoms with van der Waals surface area (Å²) in [5.74, 6) is 0.110. The number of unbranched alkanes of at least 4 members (excludes halogenated alkanes) is 9. The van der Waals surface area contributed by atoms with Crippen molar-refractivity contribution in [3.05, 3.63) is 22.5 Å². The Morgan fingerprint density at radius 2 is 1.48 bits per heavy atom. The molecule has 0 saturated carbocycles. The smallest absolute Gasteiger partial charge is 0.323 e. The van der Waals surface area contributed by atoms with E-state index in [2.05, 4.69) is 27.7 Å². The number of hydrazine groups is 1. The van der Waals surface area contributed by atoms with Crippen LogP contribution >= 0.6 is 0 Å². The number of nitrogens with zero attached hydrogens (tertiary/aromatic N) is 4. The van der Waals surface area contributed by atoms with Gasteiger partial charge in [0, 0.05) is 13.1 Å². The summed E-state index contributed by atoms with van der Waals surface area (Å²) in [5.41, 5.74) is 4.96. The average molecular weight is 409 g/mol. The molecule has 0 spiro atoms. The van der Waals surface area contributed by atoms with Crippen LogP contribution in [0.2, 0.25) is 0 Å². The average Bonchev–Trinajstić information content (AvgIpc) is 2.72. The largest absolute Gasteiger partial charge is 0.336 e. The van der Waals surface area contributed by atoms with Gasteiger partial charge in [0.2, 0.25) is 5.95 Å². The molecule has 0 radical (unpaired) electrons. The second kappa shape index (κ2) is 15.5. The van der Waals surface area contributed by atoms with Crippen LogP contribution < -0.4 is 10.9 Å². The fraction of sp³-hybridized carbons (Fsp3) is 0.750. The van der Waals surface area contributed by atoms with Gasteiger partial charge in [-0.1, -0.05) is 71.6 Å². The molecule has 1 aromatic rings. The quantitative estimate of drug-likeness (QED) is 0.225. The van der Waals surface area contributed by atoms with Crippen molar-refractivity contribution in [1.82, 2.24) is 20.3 Å². The summed E-state index contributed by atoms with van der Waals surface area (Å²) in [7, 11) is 0. The SMILES string of the molecule is CCCCCCCCCCCCN(CCC)C(=O)NNc1ncc([N+](=O)[O-])cn1. The highest BCUT2D eigenvalue weighted by atomic mass is 16.6. The number of nitro groups is 1. The Bertz CT molecular complexity index is 582. The third-order valence-corrected chi connectivity index (χ3v) is 4.69. The van der Waals surface area contributed by atoms with E-state index in [0.717, 1.165) is 31.7 Å². The summed E-state index contributed by atoms with van der Waals surface area (Å²) in [6.07, 6.45) is 15.6. The Morgan fingerprint density at radius 1 is 0.931 bits per heavy atom. The second-order valence-electron chi connectivity index (χ2n) is 7.25. The van der Waals surface area contributed by atoms with Gasteiger partial charge in [-0.25, -0.2) is 20.2 Å². The summed E-state index contributed by atoms with van der Waals surface area (Å²) in [4.78, 5) is 31.8. The fourth-order valence-corrected chi connectivity index (χ4v) is 3.04. The highest BCUT2D eigenvalue weighted by molar-refractivity contribution is 5.75. The van der Waals surface area contributed by atoms with Crippen molar-refractivity contribution in [2.75, 3.05) is 18.5 Å². The number of anilines is 1. The molecule has 1 heterocycles. The van der Waals surface area contributed by atoms with Crippen molar-refractivity contribution in [3.63, 3.8) is 0 Å². The van der Waals surface area contributed by atoms with Gasteiger partial charge in [0.15, 0.2) is 0 Å². The second-order valence-corrected chi connectivity index (χ2v) is 7.25. The molecule has 0 unspecified atom stereocenters. The Labute approximate surface area is 173 Å². The molecule has 0 saturated heterocycles. The Morgan fingerprint density at radius 3 is 2.00 bits per heavy atom. The van der Waals surface area contributed by atoms with Crippen LogP contribution in [0.3, 0.4) is 0 Å². The highest BCUT2D eigenvalue weighted by Gasteiger charge is 2.13. The minimum Gasteiger partial charge on any atom is -0.323 e. The Hall–Kier alpha value is -2.45. The minimum absolute atomic E-state index is 0.110. The molecule has 2 N–H and O–H groups in total. The number of rotatable bonds is 16. The lowest BCUT2D eigenvalue weighted by molar-refractivity contribution is -0.385. The molecule has 9 nitrogen and oxygen atoms in total. The van der Waals surface area contributed by atoms with E-state index < -0.39 is 4.92 Å². The van der Waals surface area contributed by atoms with Gasteiger partial charge in [0.1, 0.15) is 12.4 Å². The monoisotopic (exact) mass is 408 g/mol. The van der Waals surface area contributed by atoms with Crippen LogP contribution in [-0.2, 0) is 0 Å². The van der Waals surface area contributed by atoms with Gasteiger partial charge < -0.3 is 4.90 Å². The molecule has 9 heteroatoms. The number of urea groups is 1. The van der Waals surface area contributed by atoms with Gasteiger partial charge in [0.05, 0.1) is 4.92 Å². The zero-order chi connectivity index (χ0) is 21.3. The molecule has 0 aliphatic rings. The maximum absolute atomic E-state index is 12.4. The van der Waals surface area contributed by atoms with E-state index in [9.17, 15) is 14.9 Å². The Balaban J connectivity index is 2.22. The molecule has 0 aliphatic heterocycles. The lowest BCUT2D eigenvalue weighted by Crippen LogP contribution is -2.43. The topological polar surface area (TPSA) is 113 Å². The number of hydrogen-bond donors (Lipinski definition) is 2. The van der Waals surface area contributed by atoms with E-state index in [0.29, 0.717) is 13.1 Å².